The molecule has 0 heterocycles. The number of hydrogen-bond donors (Lipinski definition) is 0. The van der Waals surface area contributed by atoms with Crippen molar-refractivity contribution in [1.82, 2.24) is 0 Å². The number of carbonyl (C=O) groups is 2. The van der Waals surface area contributed by atoms with Crippen molar-refractivity contribution in [2.75, 3.05) is 54.1 Å². The number of nitrogens with zero attached hydrogens (tertiary/aromatic N) is 1. The average molecular weight is 742 g/mol. The lowest BCUT2D eigenvalue weighted by Gasteiger charge is -2.25. The highest BCUT2D eigenvalue weighted by Gasteiger charge is 2.30. The van der Waals surface area contributed by atoms with E-state index in [0.29, 0.717) is 17.4 Å². The van der Waals surface area contributed by atoms with Crippen LogP contribution in [0.15, 0.2) is 0 Å². The third kappa shape index (κ3) is 35.5. The van der Waals surface area contributed by atoms with E-state index in [9.17, 15) is 14.2 Å². The normalized spacial score (nSPS) is 13.4. The standard InChI is InChI=1S/C38H77NO8P.ClH/c1-7-10-12-14-16-18-20-22-24-26-28-30-37(40)43-34-36(35-46-48(42,44-9-3)45-33-32-39(4,5)6)47-38(41)31-29-27-25-23-21-19-17-15-13-11-8-2;/h36H,7-35H2,1-6H3;1H/q+1;/p-1/t36-,48?;/m1./s1. The smallest absolute Gasteiger partial charge is 0.475 e. The van der Waals surface area contributed by atoms with Gasteiger partial charge in [0.15, 0.2) is 6.10 Å². The lowest BCUT2D eigenvalue weighted by molar-refractivity contribution is -0.870. The van der Waals surface area contributed by atoms with Crippen molar-refractivity contribution in [2.24, 2.45) is 0 Å². The molecule has 11 heteroatoms. The first-order valence-electron chi connectivity index (χ1n) is 19.7. The lowest BCUT2D eigenvalue weighted by atomic mass is 10.1. The number of unbranched alkanes of at least 4 members (excludes halogenated alkanes) is 20. The van der Waals surface area contributed by atoms with E-state index >= 15 is 0 Å². The van der Waals surface area contributed by atoms with E-state index in [2.05, 4.69) is 13.8 Å². The highest BCUT2D eigenvalue weighted by atomic mass is 35.5. The van der Waals surface area contributed by atoms with E-state index in [4.69, 9.17) is 23.0 Å². The summed E-state index contributed by atoms with van der Waals surface area (Å²) in [5.74, 6) is -0.706. The number of ether oxygens (including phenoxy) is 2. The minimum Gasteiger partial charge on any atom is -1.00 e. The predicted molar refractivity (Wildman–Crippen MR) is 197 cm³/mol. The number of likely N-dealkylation sites (N-methyl/N-ethyl adjacent to an activating group) is 1. The summed E-state index contributed by atoms with van der Waals surface area (Å²) >= 11 is 0. The van der Waals surface area contributed by atoms with Gasteiger partial charge in [0.25, 0.3) is 0 Å². The molecule has 0 saturated heterocycles. The Labute approximate surface area is 308 Å². The summed E-state index contributed by atoms with van der Waals surface area (Å²) in [6.45, 7) is 6.70. The molecular weight excluding hydrogens is 665 g/mol. The van der Waals surface area contributed by atoms with Crippen LogP contribution < -0.4 is 12.4 Å². The van der Waals surface area contributed by atoms with E-state index in [1.807, 2.05) is 21.1 Å². The van der Waals surface area contributed by atoms with Gasteiger partial charge in [0, 0.05) is 12.8 Å². The number of carbonyl (C=O) groups excluding carboxylic acids is 2. The van der Waals surface area contributed by atoms with Gasteiger partial charge in [-0.1, -0.05) is 142 Å². The van der Waals surface area contributed by atoms with Crippen LogP contribution in [0.5, 0.6) is 0 Å². The Hall–Kier alpha value is -0.700. The van der Waals surface area contributed by atoms with Gasteiger partial charge in [0.2, 0.25) is 0 Å². The molecule has 0 radical (unpaired) electrons. The third-order valence-corrected chi connectivity index (χ3v) is 9.95. The molecular formula is C38H77ClNO8P. The first-order chi connectivity index (χ1) is 23.0. The Morgan fingerprint density at radius 1 is 0.551 bits per heavy atom. The average Bonchev–Trinajstić information content (AvgIpc) is 3.03. The van der Waals surface area contributed by atoms with Crippen molar-refractivity contribution in [3.8, 4) is 0 Å². The van der Waals surface area contributed by atoms with Gasteiger partial charge in [-0.3, -0.25) is 23.2 Å². The molecule has 2 atom stereocenters. The van der Waals surface area contributed by atoms with Crippen LogP contribution in [0.25, 0.3) is 0 Å². The fourth-order valence-corrected chi connectivity index (χ4v) is 6.55. The number of hydrogen-bond acceptors (Lipinski definition) is 8. The molecule has 294 valence electrons. The van der Waals surface area contributed by atoms with Crippen LogP contribution in [0, 0.1) is 0 Å². The molecule has 0 fully saturated rings. The summed E-state index contributed by atoms with van der Waals surface area (Å²) in [6, 6.07) is 0. The van der Waals surface area contributed by atoms with Gasteiger partial charge >= 0.3 is 19.8 Å². The molecule has 0 amide bonds. The van der Waals surface area contributed by atoms with Crippen LogP contribution in [-0.4, -0.2) is 76.6 Å². The second-order valence-corrected chi connectivity index (χ2v) is 16.0. The summed E-state index contributed by atoms with van der Waals surface area (Å²) in [4.78, 5) is 25.2. The lowest BCUT2D eigenvalue weighted by Crippen LogP contribution is -3.00. The molecule has 0 aliphatic heterocycles. The van der Waals surface area contributed by atoms with Gasteiger partial charge in [0.1, 0.15) is 19.8 Å². The summed E-state index contributed by atoms with van der Waals surface area (Å²) in [5.41, 5.74) is 0. The van der Waals surface area contributed by atoms with E-state index in [0.717, 1.165) is 38.5 Å². The minimum atomic E-state index is -3.88. The Balaban J connectivity index is 0. The number of rotatable bonds is 36. The van der Waals surface area contributed by atoms with Crippen molar-refractivity contribution in [3.05, 3.63) is 0 Å². The van der Waals surface area contributed by atoms with Crippen molar-refractivity contribution in [3.63, 3.8) is 0 Å². The molecule has 0 rings (SSSR count). The van der Waals surface area contributed by atoms with E-state index in [1.54, 1.807) is 6.92 Å². The fraction of sp³-hybridized carbons (Fsp3) is 0.947. The molecule has 0 aliphatic rings. The molecule has 9 nitrogen and oxygen atoms in total. The van der Waals surface area contributed by atoms with Crippen LogP contribution in [0.2, 0.25) is 0 Å². The quantitative estimate of drug-likeness (QED) is 0.0279. The zero-order valence-electron chi connectivity index (χ0n) is 32.6. The molecule has 0 spiro atoms. The van der Waals surface area contributed by atoms with Crippen LogP contribution >= 0.6 is 7.82 Å². The summed E-state index contributed by atoms with van der Waals surface area (Å²) in [6.07, 6.45) is 26.1. The first-order valence-corrected chi connectivity index (χ1v) is 21.2. The van der Waals surface area contributed by atoms with Gasteiger partial charge in [0.05, 0.1) is 34.4 Å². The van der Waals surface area contributed by atoms with E-state index in [1.165, 1.54) is 103 Å². The van der Waals surface area contributed by atoms with Crippen LogP contribution in [0.3, 0.4) is 0 Å². The molecule has 0 aromatic carbocycles. The van der Waals surface area contributed by atoms with Crippen molar-refractivity contribution < 1.29 is 54.1 Å². The topological polar surface area (TPSA) is 97.4 Å². The van der Waals surface area contributed by atoms with Gasteiger partial charge in [-0.05, 0) is 19.8 Å². The van der Waals surface area contributed by atoms with Crippen LogP contribution in [-0.2, 0) is 37.2 Å². The Kier molecular flexibility index (Phi) is 35.4. The summed E-state index contributed by atoms with van der Waals surface area (Å²) in [5, 5.41) is 0. The van der Waals surface area contributed by atoms with E-state index in [-0.39, 0.29) is 57.2 Å². The Morgan fingerprint density at radius 2 is 0.959 bits per heavy atom. The van der Waals surface area contributed by atoms with Crippen LogP contribution in [0.1, 0.15) is 175 Å². The largest absolute Gasteiger partial charge is 1.00 e. The molecule has 0 aromatic heterocycles. The number of halogens is 1. The number of quaternary nitrogens is 1. The van der Waals surface area contributed by atoms with Gasteiger partial charge < -0.3 is 26.4 Å². The SMILES string of the molecule is CCCCCCCCCCCCCC(=O)OC[C@H](COP(=O)(OCC)OCC[N+](C)(C)C)OC(=O)CCCCCCCCCCCCC.[Cl-]. The predicted octanol–water partition coefficient (Wildman–Crippen LogP) is 7.73. The number of phosphoric ester groups is 1. The summed E-state index contributed by atoms with van der Waals surface area (Å²) < 4.78 is 41.5. The summed E-state index contributed by atoms with van der Waals surface area (Å²) in [7, 11) is 2.14. The number of phosphoric acid groups is 1. The molecule has 0 saturated carbocycles. The molecule has 0 N–H and O–H groups in total. The maximum absolute atomic E-state index is 13.2. The van der Waals surface area contributed by atoms with Crippen LogP contribution in [0.4, 0.5) is 0 Å². The Morgan fingerprint density at radius 3 is 1.37 bits per heavy atom. The zero-order chi connectivity index (χ0) is 35.8. The maximum atomic E-state index is 13.2. The Bertz CT molecular complexity index is 811. The monoisotopic (exact) mass is 742 g/mol. The highest BCUT2D eigenvalue weighted by molar-refractivity contribution is 7.48. The second-order valence-electron chi connectivity index (χ2n) is 14.4. The van der Waals surface area contributed by atoms with Crippen molar-refractivity contribution in [1.29, 1.82) is 0 Å². The minimum absolute atomic E-state index is 0. The van der Waals surface area contributed by atoms with Crippen molar-refractivity contribution >= 4 is 19.8 Å². The third-order valence-electron chi connectivity index (χ3n) is 8.41. The molecule has 0 aliphatic carbocycles. The second kappa shape index (κ2) is 34.4. The highest BCUT2D eigenvalue weighted by Crippen LogP contribution is 2.49. The molecule has 0 aromatic rings. The zero-order valence-corrected chi connectivity index (χ0v) is 34.3. The van der Waals surface area contributed by atoms with E-state index < -0.39 is 13.9 Å². The molecule has 1 unspecified atom stereocenters. The first kappa shape index (κ1) is 50.4. The molecule has 49 heavy (non-hydrogen) atoms. The number of esters is 2. The molecule has 0 bridgehead atoms. The fourth-order valence-electron chi connectivity index (χ4n) is 5.36. The van der Waals surface area contributed by atoms with Gasteiger partial charge in [-0.25, -0.2) is 4.57 Å². The maximum Gasteiger partial charge on any atom is 0.475 e. The van der Waals surface area contributed by atoms with Gasteiger partial charge in [-0.2, -0.15) is 0 Å². The van der Waals surface area contributed by atoms with Gasteiger partial charge in [-0.15, -0.1) is 0 Å². The van der Waals surface area contributed by atoms with Crippen molar-refractivity contribution in [2.45, 2.75) is 181 Å².